The summed E-state index contributed by atoms with van der Waals surface area (Å²) in [5.74, 6) is -2.95. The SMILES string of the molecule is O=C([C@@H]1C[C@H](N2CCN(c3c(Cl)cncc3Cl)CC2)CN1)N1CCC(F)(F)C1. The predicted molar refractivity (Wildman–Crippen MR) is 104 cm³/mol. The Morgan fingerprint density at radius 1 is 1.14 bits per heavy atom. The molecule has 0 bridgehead atoms. The van der Waals surface area contributed by atoms with Crippen LogP contribution < -0.4 is 10.2 Å². The van der Waals surface area contributed by atoms with Gasteiger partial charge in [0, 0.05) is 64.1 Å². The average molecular weight is 434 g/mol. The number of anilines is 1. The van der Waals surface area contributed by atoms with E-state index in [1.807, 2.05) is 0 Å². The van der Waals surface area contributed by atoms with Gasteiger partial charge in [-0.05, 0) is 6.42 Å². The zero-order valence-electron chi connectivity index (χ0n) is 15.4. The maximum atomic E-state index is 13.4. The van der Waals surface area contributed by atoms with Crippen LogP contribution in [0.5, 0.6) is 0 Å². The highest BCUT2D eigenvalue weighted by atomic mass is 35.5. The van der Waals surface area contributed by atoms with Crippen LogP contribution in [0.4, 0.5) is 14.5 Å². The second kappa shape index (κ2) is 7.89. The first-order valence-electron chi connectivity index (χ1n) is 9.52. The van der Waals surface area contributed by atoms with Crippen LogP contribution in [0, 0.1) is 0 Å². The van der Waals surface area contributed by atoms with Gasteiger partial charge < -0.3 is 15.1 Å². The zero-order chi connectivity index (χ0) is 19.9. The zero-order valence-corrected chi connectivity index (χ0v) is 16.9. The fraction of sp³-hybridized carbons (Fsp3) is 0.667. The van der Waals surface area contributed by atoms with Gasteiger partial charge in [0.25, 0.3) is 5.92 Å². The van der Waals surface area contributed by atoms with Crippen LogP contribution in [0.15, 0.2) is 12.4 Å². The number of nitrogens with one attached hydrogen (secondary N) is 1. The molecule has 0 spiro atoms. The van der Waals surface area contributed by atoms with Crippen molar-refractivity contribution in [2.45, 2.75) is 30.8 Å². The molecule has 3 aliphatic heterocycles. The summed E-state index contributed by atoms with van der Waals surface area (Å²) in [4.78, 5) is 22.3. The van der Waals surface area contributed by atoms with Gasteiger partial charge in [0.05, 0.1) is 28.3 Å². The van der Waals surface area contributed by atoms with Gasteiger partial charge in [-0.25, -0.2) is 8.78 Å². The highest BCUT2D eigenvalue weighted by molar-refractivity contribution is 6.38. The number of pyridine rings is 1. The van der Waals surface area contributed by atoms with Crippen molar-refractivity contribution in [1.29, 1.82) is 0 Å². The first kappa shape index (κ1) is 20.1. The van der Waals surface area contributed by atoms with E-state index in [4.69, 9.17) is 23.2 Å². The van der Waals surface area contributed by atoms with Crippen molar-refractivity contribution >= 4 is 34.8 Å². The van der Waals surface area contributed by atoms with Gasteiger partial charge in [-0.3, -0.25) is 14.7 Å². The molecule has 0 aliphatic carbocycles. The van der Waals surface area contributed by atoms with E-state index in [2.05, 4.69) is 20.1 Å². The van der Waals surface area contributed by atoms with E-state index in [-0.39, 0.29) is 31.0 Å². The van der Waals surface area contributed by atoms with E-state index in [9.17, 15) is 13.6 Å². The lowest BCUT2D eigenvalue weighted by molar-refractivity contribution is -0.133. The summed E-state index contributed by atoms with van der Waals surface area (Å²) in [6.07, 6.45) is 3.59. The smallest absolute Gasteiger partial charge is 0.267 e. The molecular formula is C18H23Cl2F2N5O. The molecule has 0 saturated carbocycles. The van der Waals surface area contributed by atoms with E-state index >= 15 is 0 Å². The number of amides is 1. The van der Waals surface area contributed by atoms with Gasteiger partial charge in [-0.2, -0.15) is 0 Å². The summed E-state index contributed by atoms with van der Waals surface area (Å²) in [5.41, 5.74) is 0.811. The lowest BCUT2D eigenvalue weighted by Gasteiger charge is -2.39. The van der Waals surface area contributed by atoms with Gasteiger partial charge in [-0.1, -0.05) is 23.2 Å². The number of rotatable bonds is 3. The number of halogens is 4. The molecule has 3 saturated heterocycles. The second-order valence-electron chi connectivity index (χ2n) is 7.69. The molecule has 3 aliphatic rings. The molecule has 4 rings (SSSR count). The highest BCUT2D eigenvalue weighted by Gasteiger charge is 2.43. The number of hydrogen-bond acceptors (Lipinski definition) is 5. The summed E-state index contributed by atoms with van der Waals surface area (Å²) in [6.45, 7) is 3.57. The van der Waals surface area contributed by atoms with Gasteiger partial charge in [0.15, 0.2) is 0 Å². The molecule has 1 aromatic heterocycles. The monoisotopic (exact) mass is 433 g/mol. The van der Waals surface area contributed by atoms with Crippen molar-refractivity contribution in [3.8, 4) is 0 Å². The standard InChI is InChI=1S/C18H23Cl2F2N5O/c19-13-9-23-10-14(20)16(13)26-5-3-25(4-6-26)12-7-15(24-8-12)17(28)27-2-1-18(21,22)11-27/h9-10,12,15,24H,1-8,11H2/t12-,15-/m0/s1. The molecule has 4 heterocycles. The van der Waals surface area contributed by atoms with Gasteiger partial charge in [-0.15, -0.1) is 0 Å². The molecule has 154 valence electrons. The molecule has 1 aromatic rings. The Morgan fingerprint density at radius 3 is 2.43 bits per heavy atom. The highest BCUT2D eigenvalue weighted by Crippen LogP contribution is 2.33. The maximum Gasteiger partial charge on any atom is 0.267 e. The molecule has 0 unspecified atom stereocenters. The number of aromatic nitrogens is 1. The lowest BCUT2D eigenvalue weighted by Crippen LogP contribution is -2.51. The fourth-order valence-electron chi connectivity index (χ4n) is 4.34. The third-order valence-corrected chi connectivity index (χ3v) is 6.42. The number of likely N-dealkylation sites (tertiary alicyclic amines) is 1. The quantitative estimate of drug-likeness (QED) is 0.790. The summed E-state index contributed by atoms with van der Waals surface area (Å²) in [5, 5.41) is 4.30. The van der Waals surface area contributed by atoms with Crippen LogP contribution >= 0.6 is 23.2 Å². The first-order chi connectivity index (χ1) is 13.3. The summed E-state index contributed by atoms with van der Waals surface area (Å²) in [7, 11) is 0. The summed E-state index contributed by atoms with van der Waals surface area (Å²) >= 11 is 12.5. The van der Waals surface area contributed by atoms with Crippen LogP contribution in [0.1, 0.15) is 12.8 Å². The molecule has 28 heavy (non-hydrogen) atoms. The van der Waals surface area contributed by atoms with Gasteiger partial charge >= 0.3 is 0 Å². The molecule has 1 N–H and O–H groups in total. The van der Waals surface area contributed by atoms with Gasteiger partial charge in [0.2, 0.25) is 5.91 Å². The Hall–Kier alpha value is -1.22. The third kappa shape index (κ3) is 4.06. The molecule has 1 amide bonds. The first-order valence-corrected chi connectivity index (χ1v) is 10.3. The Labute approximate surface area is 172 Å². The van der Waals surface area contributed by atoms with Crippen molar-refractivity contribution < 1.29 is 13.6 Å². The molecular weight excluding hydrogens is 411 g/mol. The Balaban J connectivity index is 1.31. The van der Waals surface area contributed by atoms with E-state index < -0.39 is 12.5 Å². The van der Waals surface area contributed by atoms with Crippen LogP contribution in [-0.2, 0) is 4.79 Å². The number of carbonyl (C=O) groups excluding carboxylic acids is 1. The van der Waals surface area contributed by atoms with Crippen molar-refractivity contribution in [1.82, 2.24) is 20.1 Å². The van der Waals surface area contributed by atoms with Crippen LogP contribution in [0.25, 0.3) is 0 Å². The van der Waals surface area contributed by atoms with E-state index in [0.717, 1.165) is 31.9 Å². The van der Waals surface area contributed by atoms with E-state index in [0.29, 0.717) is 23.0 Å². The van der Waals surface area contributed by atoms with Crippen molar-refractivity contribution in [3.05, 3.63) is 22.4 Å². The maximum absolute atomic E-state index is 13.4. The van der Waals surface area contributed by atoms with Crippen molar-refractivity contribution in [2.24, 2.45) is 0 Å². The normalized spacial score (nSPS) is 28.1. The Kier molecular flexibility index (Phi) is 5.66. The Morgan fingerprint density at radius 2 is 1.82 bits per heavy atom. The average Bonchev–Trinajstić information content (AvgIpc) is 3.28. The lowest BCUT2D eigenvalue weighted by atomic mass is 10.1. The molecule has 10 heteroatoms. The number of alkyl halides is 2. The number of hydrogen-bond donors (Lipinski definition) is 1. The molecule has 2 atom stereocenters. The molecule has 0 aromatic carbocycles. The van der Waals surface area contributed by atoms with Crippen LogP contribution in [0.2, 0.25) is 10.0 Å². The largest absolute Gasteiger partial charge is 0.366 e. The minimum atomic E-state index is -2.75. The topological polar surface area (TPSA) is 51.7 Å². The number of piperazine rings is 1. The summed E-state index contributed by atoms with van der Waals surface area (Å²) in [6, 6.07) is -0.149. The molecule has 6 nitrogen and oxygen atoms in total. The van der Waals surface area contributed by atoms with Crippen LogP contribution in [-0.4, -0.2) is 84.5 Å². The second-order valence-corrected chi connectivity index (χ2v) is 8.51. The molecule has 0 radical (unpaired) electrons. The summed E-state index contributed by atoms with van der Waals surface area (Å²) < 4.78 is 26.8. The van der Waals surface area contributed by atoms with E-state index in [1.54, 1.807) is 12.4 Å². The minimum absolute atomic E-state index is 0.140. The number of carbonyl (C=O) groups is 1. The van der Waals surface area contributed by atoms with E-state index in [1.165, 1.54) is 4.90 Å². The van der Waals surface area contributed by atoms with Crippen molar-refractivity contribution in [2.75, 3.05) is 50.7 Å². The van der Waals surface area contributed by atoms with Gasteiger partial charge in [0.1, 0.15) is 0 Å². The molecule has 3 fully saturated rings. The predicted octanol–water partition coefficient (Wildman–Crippen LogP) is 2.11. The fourth-order valence-corrected chi connectivity index (χ4v) is 4.95. The Bertz CT molecular complexity index is 724. The number of nitrogens with zero attached hydrogens (tertiary/aromatic N) is 4. The van der Waals surface area contributed by atoms with Crippen molar-refractivity contribution in [3.63, 3.8) is 0 Å². The minimum Gasteiger partial charge on any atom is -0.366 e. The third-order valence-electron chi connectivity index (χ3n) is 5.86. The van der Waals surface area contributed by atoms with Crippen LogP contribution in [0.3, 0.4) is 0 Å².